The van der Waals surface area contributed by atoms with Gasteiger partial charge in [0, 0.05) is 23.9 Å². The van der Waals surface area contributed by atoms with Crippen LogP contribution in [-0.4, -0.2) is 22.9 Å². The molecule has 27 heavy (non-hydrogen) atoms. The predicted molar refractivity (Wildman–Crippen MR) is 102 cm³/mol. The van der Waals surface area contributed by atoms with Crippen LogP contribution in [0.3, 0.4) is 0 Å². The van der Waals surface area contributed by atoms with Gasteiger partial charge in [-0.15, -0.1) is 0 Å². The van der Waals surface area contributed by atoms with E-state index in [0.29, 0.717) is 23.5 Å². The zero-order valence-corrected chi connectivity index (χ0v) is 14.4. The van der Waals surface area contributed by atoms with Crippen molar-refractivity contribution in [3.05, 3.63) is 84.1 Å². The molecule has 6 nitrogen and oxygen atoms in total. The number of anilines is 2. The lowest BCUT2D eigenvalue weighted by Gasteiger charge is -2.12. The number of hydrogen-bond acceptors (Lipinski definition) is 4. The summed E-state index contributed by atoms with van der Waals surface area (Å²) in [5, 5.41) is 5.54. The first-order valence-corrected chi connectivity index (χ1v) is 8.57. The second-order valence-corrected chi connectivity index (χ2v) is 6.16. The van der Waals surface area contributed by atoms with E-state index in [0.717, 1.165) is 11.3 Å². The number of nitrogens with zero attached hydrogens (tertiary/aromatic N) is 1. The summed E-state index contributed by atoms with van der Waals surface area (Å²) in [6.45, 7) is 0. The van der Waals surface area contributed by atoms with Gasteiger partial charge in [-0.3, -0.25) is 9.59 Å². The Morgan fingerprint density at radius 3 is 2.63 bits per heavy atom. The summed E-state index contributed by atoms with van der Waals surface area (Å²) in [7, 11) is 0. The molecule has 1 aromatic heterocycles. The third-order valence-electron chi connectivity index (χ3n) is 4.24. The lowest BCUT2D eigenvalue weighted by Crippen LogP contribution is -2.31. The number of pyridine rings is 1. The van der Waals surface area contributed by atoms with Gasteiger partial charge in [-0.2, -0.15) is 0 Å². The molecule has 0 saturated carbocycles. The largest absolute Gasteiger partial charge is 0.480 e. The molecular weight excluding hydrogens is 342 g/mol. The van der Waals surface area contributed by atoms with E-state index in [-0.39, 0.29) is 11.8 Å². The molecule has 3 aromatic rings. The normalized spacial score (nSPS) is 14.7. The van der Waals surface area contributed by atoms with E-state index in [9.17, 15) is 9.59 Å². The Bertz CT molecular complexity index is 964. The maximum Gasteiger partial charge on any atom is 0.265 e. The van der Waals surface area contributed by atoms with Crippen molar-refractivity contribution < 1.29 is 14.3 Å². The number of ether oxygens (including phenoxy) is 1. The van der Waals surface area contributed by atoms with Crippen LogP contribution < -0.4 is 15.4 Å². The van der Waals surface area contributed by atoms with Crippen LogP contribution in [0, 0.1) is 0 Å². The molecular formula is C21H17N3O3. The Kier molecular flexibility index (Phi) is 4.53. The van der Waals surface area contributed by atoms with Gasteiger partial charge in [0.15, 0.2) is 6.10 Å². The molecule has 0 radical (unpaired) electrons. The summed E-state index contributed by atoms with van der Waals surface area (Å²) < 4.78 is 5.70. The Morgan fingerprint density at radius 2 is 1.81 bits per heavy atom. The van der Waals surface area contributed by atoms with E-state index in [1.807, 2.05) is 24.3 Å². The SMILES string of the molecule is O=C(Nc1ccccn1)c1cccc(NC(=O)[C@@H]2Cc3ccccc3O2)c1. The molecule has 0 bridgehead atoms. The van der Waals surface area contributed by atoms with Crippen molar-refractivity contribution in [1.29, 1.82) is 0 Å². The fourth-order valence-corrected chi connectivity index (χ4v) is 2.91. The summed E-state index contributed by atoms with van der Waals surface area (Å²) in [6.07, 6.45) is 1.56. The van der Waals surface area contributed by atoms with Gasteiger partial charge in [-0.1, -0.05) is 30.3 Å². The van der Waals surface area contributed by atoms with Crippen molar-refractivity contribution in [3.63, 3.8) is 0 Å². The number of aromatic nitrogens is 1. The number of amides is 2. The zero-order valence-electron chi connectivity index (χ0n) is 14.4. The van der Waals surface area contributed by atoms with E-state index in [2.05, 4.69) is 15.6 Å². The molecule has 0 saturated heterocycles. The molecule has 0 spiro atoms. The number of carbonyl (C=O) groups is 2. The van der Waals surface area contributed by atoms with Gasteiger partial charge in [0.1, 0.15) is 11.6 Å². The van der Waals surface area contributed by atoms with Crippen LogP contribution in [-0.2, 0) is 11.2 Å². The van der Waals surface area contributed by atoms with Crippen molar-refractivity contribution >= 4 is 23.3 Å². The molecule has 1 aliphatic rings. The minimum absolute atomic E-state index is 0.242. The second kappa shape index (κ2) is 7.29. The zero-order chi connectivity index (χ0) is 18.6. The number of benzene rings is 2. The number of carbonyl (C=O) groups excluding carboxylic acids is 2. The van der Waals surface area contributed by atoms with E-state index in [1.54, 1.807) is 48.7 Å². The number of para-hydroxylation sites is 1. The molecule has 1 atom stereocenters. The van der Waals surface area contributed by atoms with Crippen molar-refractivity contribution in [2.75, 3.05) is 10.6 Å². The Morgan fingerprint density at radius 1 is 0.963 bits per heavy atom. The van der Waals surface area contributed by atoms with Crippen LogP contribution in [0.25, 0.3) is 0 Å². The molecule has 2 heterocycles. The monoisotopic (exact) mass is 359 g/mol. The first-order valence-electron chi connectivity index (χ1n) is 8.57. The quantitative estimate of drug-likeness (QED) is 0.749. The Hall–Kier alpha value is -3.67. The summed E-state index contributed by atoms with van der Waals surface area (Å²) in [6, 6.07) is 19.6. The Balaban J connectivity index is 1.42. The first kappa shape index (κ1) is 16.8. The highest BCUT2D eigenvalue weighted by atomic mass is 16.5. The van der Waals surface area contributed by atoms with Gasteiger partial charge in [0.25, 0.3) is 11.8 Å². The number of hydrogen-bond donors (Lipinski definition) is 2. The minimum Gasteiger partial charge on any atom is -0.480 e. The van der Waals surface area contributed by atoms with Crippen LogP contribution >= 0.6 is 0 Å². The third-order valence-corrected chi connectivity index (χ3v) is 4.24. The molecule has 1 aliphatic heterocycles. The lowest BCUT2D eigenvalue weighted by atomic mass is 10.1. The fourth-order valence-electron chi connectivity index (χ4n) is 2.91. The van der Waals surface area contributed by atoms with Gasteiger partial charge >= 0.3 is 0 Å². The maximum absolute atomic E-state index is 12.5. The first-order chi connectivity index (χ1) is 13.2. The predicted octanol–water partition coefficient (Wildman–Crippen LogP) is 3.28. The fraction of sp³-hybridized carbons (Fsp3) is 0.0952. The topological polar surface area (TPSA) is 80.3 Å². The molecule has 0 fully saturated rings. The maximum atomic E-state index is 12.5. The minimum atomic E-state index is -0.576. The average molecular weight is 359 g/mol. The summed E-state index contributed by atoms with van der Waals surface area (Å²) in [5.41, 5.74) is 1.98. The van der Waals surface area contributed by atoms with Crippen molar-refractivity contribution in [1.82, 2.24) is 4.98 Å². The standard InChI is InChI=1S/C21H17N3O3/c25-20(24-19-10-3-4-11-22-19)15-7-5-8-16(12-15)23-21(26)18-13-14-6-1-2-9-17(14)27-18/h1-12,18H,13H2,(H,23,26)(H,22,24,25)/t18-/m0/s1. The molecule has 2 aromatic carbocycles. The van der Waals surface area contributed by atoms with E-state index in [4.69, 9.17) is 4.74 Å². The average Bonchev–Trinajstić information content (AvgIpc) is 3.13. The number of rotatable bonds is 4. The highest BCUT2D eigenvalue weighted by Gasteiger charge is 2.28. The van der Waals surface area contributed by atoms with Crippen LogP contribution in [0.2, 0.25) is 0 Å². The van der Waals surface area contributed by atoms with Crippen LogP contribution in [0.4, 0.5) is 11.5 Å². The second-order valence-electron chi connectivity index (χ2n) is 6.16. The molecule has 2 amide bonds. The van der Waals surface area contributed by atoms with Crippen LogP contribution in [0.1, 0.15) is 15.9 Å². The van der Waals surface area contributed by atoms with Gasteiger partial charge in [-0.05, 0) is 42.0 Å². The van der Waals surface area contributed by atoms with Gasteiger partial charge in [0.05, 0.1) is 0 Å². The van der Waals surface area contributed by atoms with Crippen LogP contribution in [0.5, 0.6) is 5.75 Å². The summed E-state index contributed by atoms with van der Waals surface area (Å²) in [5.74, 6) is 0.665. The van der Waals surface area contributed by atoms with Gasteiger partial charge < -0.3 is 15.4 Å². The Labute approximate surface area is 156 Å². The number of nitrogens with one attached hydrogen (secondary N) is 2. The summed E-state index contributed by atoms with van der Waals surface area (Å²) >= 11 is 0. The molecule has 134 valence electrons. The van der Waals surface area contributed by atoms with Crippen molar-refractivity contribution in [2.45, 2.75) is 12.5 Å². The molecule has 2 N–H and O–H groups in total. The molecule has 0 aliphatic carbocycles. The summed E-state index contributed by atoms with van der Waals surface area (Å²) in [4.78, 5) is 28.9. The lowest BCUT2D eigenvalue weighted by molar-refractivity contribution is -0.122. The highest BCUT2D eigenvalue weighted by molar-refractivity contribution is 6.05. The van der Waals surface area contributed by atoms with E-state index >= 15 is 0 Å². The van der Waals surface area contributed by atoms with Gasteiger partial charge in [-0.25, -0.2) is 4.98 Å². The van der Waals surface area contributed by atoms with Crippen molar-refractivity contribution in [3.8, 4) is 5.75 Å². The highest BCUT2D eigenvalue weighted by Crippen LogP contribution is 2.28. The molecule has 6 heteroatoms. The van der Waals surface area contributed by atoms with Crippen molar-refractivity contribution in [2.24, 2.45) is 0 Å². The van der Waals surface area contributed by atoms with E-state index in [1.165, 1.54) is 0 Å². The molecule has 4 rings (SSSR count). The third kappa shape index (κ3) is 3.79. The van der Waals surface area contributed by atoms with Crippen LogP contribution in [0.15, 0.2) is 72.9 Å². The van der Waals surface area contributed by atoms with Gasteiger partial charge in [0.2, 0.25) is 0 Å². The number of fused-ring (bicyclic) bond motifs is 1. The smallest absolute Gasteiger partial charge is 0.265 e. The van der Waals surface area contributed by atoms with E-state index < -0.39 is 6.10 Å². The molecule has 0 unspecified atom stereocenters.